The van der Waals surface area contributed by atoms with Gasteiger partial charge in [0.25, 0.3) is 5.91 Å². The number of H-pyrrole nitrogens is 1. The number of carbonyl (C=O) groups excluding carboxylic acids is 1. The third kappa shape index (κ3) is 5.94. The number of nitrogens with zero attached hydrogens (tertiary/aromatic N) is 1. The Labute approximate surface area is 186 Å². The fourth-order valence-corrected chi connectivity index (χ4v) is 3.11. The first-order valence-corrected chi connectivity index (χ1v) is 9.56. The Morgan fingerprint density at radius 3 is 2.55 bits per heavy atom. The van der Waals surface area contributed by atoms with E-state index in [1.54, 1.807) is 11.6 Å². The highest BCUT2D eigenvalue weighted by atomic mass is 35.5. The number of amides is 1. The van der Waals surface area contributed by atoms with E-state index in [-0.39, 0.29) is 12.4 Å². The summed E-state index contributed by atoms with van der Waals surface area (Å²) in [6.45, 7) is 0.522. The molecule has 0 spiro atoms. The van der Waals surface area contributed by atoms with Gasteiger partial charge in [0.15, 0.2) is 0 Å². The molecule has 7 heteroatoms. The molecule has 4 rings (SSSR count). The molecule has 1 amide bonds. The van der Waals surface area contributed by atoms with E-state index in [9.17, 15) is 4.79 Å². The lowest BCUT2D eigenvalue weighted by molar-refractivity contribution is -0.124. The predicted molar refractivity (Wildman–Crippen MR) is 122 cm³/mol. The van der Waals surface area contributed by atoms with Gasteiger partial charge in [-0.05, 0) is 34.9 Å². The van der Waals surface area contributed by atoms with Gasteiger partial charge < -0.3 is 9.72 Å². The summed E-state index contributed by atoms with van der Waals surface area (Å²) in [5.74, 6) is 1.10. The van der Waals surface area contributed by atoms with Gasteiger partial charge in [0, 0.05) is 18.6 Å². The number of nitrogens with one attached hydrogen (secondary N) is 2. The lowest BCUT2D eigenvalue weighted by Crippen LogP contribution is -2.14. The maximum atomic E-state index is 11.0. The highest BCUT2D eigenvalue weighted by Crippen LogP contribution is 2.21. The second-order valence-electron chi connectivity index (χ2n) is 6.86. The van der Waals surface area contributed by atoms with Crippen molar-refractivity contribution >= 4 is 35.4 Å². The quantitative estimate of drug-likeness (QED) is 0.223. The van der Waals surface area contributed by atoms with E-state index in [0.717, 1.165) is 39.3 Å². The van der Waals surface area contributed by atoms with Crippen LogP contribution < -0.4 is 10.2 Å². The summed E-state index contributed by atoms with van der Waals surface area (Å²) in [6.07, 6.45) is 3.56. The van der Waals surface area contributed by atoms with Crippen LogP contribution in [0.3, 0.4) is 0 Å². The molecule has 1 heterocycles. The number of rotatable bonds is 7. The van der Waals surface area contributed by atoms with Gasteiger partial charge in [0.05, 0.1) is 11.0 Å². The van der Waals surface area contributed by atoms with E-state index >= 15 is 0 Å². The number of carbonyl (C=O) groups is 1. The van der Waals surface area contributed by atoms with Crippen LogP contribution in [0.25, 0.3) is 17.1 Å². The van der Waals surface area contributed by atoms with Crippen molar-refractivity contribution in [3.63, 3.8) is 0 Å². The molecular formula is C24H22ClN3O3. The monoisotopic (exact) mass is 435 g/mol. The van der Waals surface area contributed by atoms with E-state index in [1.807, 2.05) is 72.8 Å². The Morgan fingerprint density at radius 2 is 1.81 bits per heavy atom. The minimum atomic E-state index is -0.562. The molecule has 0 aliphatic rings. The third-order valence-corrected chi connectivity index (χ3v) is 4.64. The van der Waals surface area contributed by atoms with Crippen molar-refractivity contribution in [3.8, 4) is 5.75 Å². The number of aromatic nitrogens is 2. The SMILES string of the molecule is Cl.O=C(/C=C/c1ccc(Cc2nc3ccc(OCc4ccccc4)cc3[nH]2)cc1)NO. The van der Waals surface area contributed by atoms with Gasteiger partial charge in [-0.15, -0.1) is 12.4 Å². The van der Waals surface area contributed by atoms with Crippen molar-refractivity contribution in [2.75, 3.05) is 0 Å². The maximum Gasteiger partial charge on any atom is 0.267 e. The highest BCUT2D eigenvalue weighted by Gasteiger charge is 2.06. The minimum absolute atomic E-state index is 0. The molecular weight excluding hydrogens is 414 g/mol. The summed E-state index contributed by atoms with van der Waals surface area (Å²) in [5, 5.41) is 8.51. The summed E-state index contributed by atoms with van der Waals surface area (Å²) in [6, 6.07) is 23.7. The van der Waals surface area contributed by atoms with Gasteiger partial charge in [-0.3, -0.25) is 10.0 Å². The summed E-state index contributed by atoms with van der Waals surface area (Å²) in [5.41, 5.74) is 6.48. The second-order valence-corrected chi connectivity index (χ2v) is 6.86. The van der Waals surface area contributed by atoms with Gasteiger partial charge in [-0.2, -0.15) is 0 Å². The van der Waals surface area contributed by atoms with E-state index in [0.29, 0.717) is 13.0 Å². The molecule has 0 saturated carbocycles. The largest absolute Gasteiger partial charge is 0.489 e. The third-order valence-electron chi connectivity index (χ3n) is 4.64. The molecule has 31 heavy (non-hydrogen) atoms. The summed E-state index contributed by atoms with van der Waals surface area (Å²) >= 11 is 0. The smallest absolute Gasteiger partial charge is 0.267 e. The number of hydrogen-bond donors (Lipinski definition) is 3. The zero-order valence-corrected chi connectivity index (χ0v) is 17.4. The Balaban J connectivity index is 0.00000272. The van der Waals surface area contributed by atoms with Crippen LogP contribution in [0.15, 0.2) is 78.9 Å². The Kier molecular flexibility index (Phi) is 7.43. The molecule has 4 aromatic rings. The first-order valence-electron chi connectivity index (χ1n) is 9.56. The molecule has 0 saturated heterocycles. The van der Waals surface area contributed by atoms with E-state index in [2.05, 4.69) is 9.97 Å². The van der Waals surface area contributed by atoms with E-state index < -0.39 is 5.91 Å². The van der Waals surface area contributed by atoms with Crippen molar-refractivity contribution in [2.45, 2.75) is 13.0 Å². The summed E-state index contributed by atoms with van der Waals surface area (Å²) in [7, 11) is 0. The van der Waals surface area contributed by atoms with Crippen LogP contribution in [0, 0.1) is 0 Å². The van der Waals surface area contributed by atoms with Crippen molar-refractivity contribution < 1.29 is 14.7 Å². The molecule has 0 aliphatic heterocycles. The van der Waals surface area contributed by atoms with Crippen LogP contribution in [0.1, 0.15) is 22.5 Å². The van der Waals surface area contributed by atoms with Gasteiger partial charge in [0.1, 0.15) is 18.2 Å². The number of hydrogen-bond acceptors (Lipinski definition) is 4. The average molecular weight is 436 g/mol. The predicted octanol–water partition coefficient (Wildman–Crippen LogP) is 4.67. The number of aromatic amines is 1. The molecule has 1 aromatic heterocycles. The standard InChI is InChI=1S/C24H21N3O3.ClH/c28-24(27-29)13-10-17-6-8-18(9-7-17)14-23-25-21-12-11-20(15-22(21)26-23)30-16-19-4-2-1-3-5-19;/h1-13,15,29H,14,16H2,(H,25,26)(H,27,28);1H/b13-10+;. The molecule has 158 valence electrons. The lowest BCUT2D eigenvalue weighted by Gasteiger charge is -2.05. The first-order chi connectivity index (χ1) is 14.7. The first kappa shape index (κ1) is 22.1. The molecule has 3 N–H and O–H groups in total. The zero-order chi connectivity index (χ0) is 20.8. The average Bonchev–Trinajstić information content (AvgIpc) is 3.19. The fourth-order valence-electron chi connectivity index (χ4n) is 3.11. The zero-order valence-electron chi connectivity index (χ0n) is 16.6. The number of hydroxylamine groups is 1. The van der Waals surface area contributed by atoms with Gasteiger partial charge in [-0.1, -0.05) is 54.6 Å². The molecule has 0 fully saturated rings. The van der Waals surface area contributed by atoms with Crippen LogP contribution >= 0.6 is 12.4 Å². The molecule has 0 radical (unpaired) electrons. The van der Waals surface area contributed by atoms with Crippen molar-refractivity contribution in [1.82, 2.24) is 15.4 Å². The van der Waals surface area contributed by atoms with E-state index in [1.165, 1.54) is 6.08 Å². The van der Waals surface area contributed by atoms with Crippen LogP contribution in [0.5, 0.6) is 5.75 Å². The van der Waals surface area contributed by atoms with Crippen LogP contribution in [0.2, 0.25) is 0 Å². The van der Waals surface area contributed by atoms with Crippen molar-refractivity contribution in [1.29, 1.82) is 0 Å². The molecule has 0 atom stereocenters. The number of fused-ring (bicyclic) bond motifs is 1. The number of imidazole rings is 1. The topological polar surface area (TPSA) is 87.2 Å². The fraction of sp³-hybridized carbons (Fsp3) is 0.0833. The second kappa shape index (κ2) is 10.4. The van der Waals surface area contributed by atoms with Gasteiger partial charge in [-0.25, -0.2) is 10.5 Å². The maximum absolute atomic E-state index is 11.0. The van der Waals surface area contributed by atoms with Crippen LogP contribution in [-0.4, -0.2) is 21.1 Å². The highest BCUT2D eigenvalue weighted by molar-refractivity contribution is 5.90. The molecule has 0 bridgehead atoms. The number of halogens is 1. The number of benzene rings is 3. The normalized spacial score (nSPS) is 10.7. The van der Waals surface area contributed by atoms with Crippen molar-refractivity contribution in [3.05, 3.63) is 101 Å². The Hall–Kier alpha value is -3.61. The number of ether oxygens (including phenoxy) is 1. The van der Waals surface area contributed by atoms with Crippen molar-refractivity contribution in [2.24, 2.45) is 0 Å². The Morgan fingerprint density at radius 1 is 1.03 bits per heavy atom. The molecule has 0 unspecified atom stereocenters. The van der Waals surface area contributed by atoms with Crippen LogP contribution in [-0.2, 0) is 17.8 Å². The molecule has 3 aromatic carbocycles. The minimum Gasteiger partial charge on any atom is -0.489 e. The summed E-state index contributed by atoms with van der Waals surface area (Å²) in [4.78, 5) is 19.1. The molecule has 6 nitrogen and oxygen atoms in total. The lowest BCUT2D eigenvalue weighted by atomic mass is 10.1. The Bertz CT molecular complexity index is 1170. The molecule has 0 aliphatic carbocycles. The van der Waals surface area contributed by atoms with Gasteiger partial charge in [0.2, 0.25) is 0 Å². The summed E-state index contributed by atoms with van der Waals surface area (Å²) < 4.78 is 5.89. The van der Waals surface area contributed by atoms with Gasteiger partial charge >= 0.3 is 0 Å². The van der Waals surface area contributed by atoms with Crippen LogP contribution in [0.4, 0.5) is 0 Å². The van der Waals surface area contributed by atoms with E-state index in [4.69, 9.17) is 9.94 Å².